The van der Waals surface area contributed by atoms with E-state index in [2.05, 4.69) is 48.1 Å². The van der Waals surface area contributed by atoms with E-state index in [9.17, 15) is 4.79 Å². The van der Waals surface area contributed by atoms with Crippen LogP contribution < -0.4 is 20.7 Å². The van der Waals surface area contributed by atoms with Crippen LogP contribution in [0.2, 0.25) is 0 Å². The normalized spacial score (nSPS) is 14.6. The molecule has 1 saturated heterocycles. The van der Waals surface area contributed by atoms with Crippen molar-refractivity contribution in [1.82, 2.24) is 25.0 Å². The van der Waals surface area contributed by atoms with Gasteiger partial charge >= 0.3 is 6.03 Å². The molecule has 1 fully saturated rings. The fraction of sp³-hybridized carbons (Fsp3) is 0.321. The number of nitrogens with zero attached hydrogens (tertiary/aromatic N) is 5. The first-order valence-electron chi connectivity index (χ1n) is 13.3. The minimum Gasteiger partial charge on any atom is -0.492 e. The van der Waals surface area contributed by atoms with Crippen molar-refractivity contribution in [3.8, 4) is 17.0 Å². The monoisotopic (exact) mass is 542 g/mol. The number of hydrogen-bond donors (Lipinski definition) is 3. The zero-order chi connectivity index (χ0) is 27.3. The van der Waals surface area contributed by atoms with Crippen molar-refractivity contribution in [2.75, 3.05) is 55.4 Å². The summed E-state index contributed by atoms with van der Waals surface area (Å²) < 4.78 is 16.4. The van der Waals surface area contributed by atoms with Crippen molar-refractivity contribution in [3.63, 3.8) is 0 Å². The molecular weight excluding hydrogens is 512 g/mol. The summed E-state index contributed by atoms with van der Waals surface area (Å²) in [6.45, 7) is 6.79. The predicted octanol–water partition coefficient (Wildman–Crippen LogP) is 4.03. The second kappa shape index (κ2) is 11.7. The van der Waals surface area contributed by atoms with E-state index in [4.69, 9.17) is 19.0 Å². The Morgan fingerprint density at radius 2 is 1.88 bits per heavy atom. The third kappa shape index (κ3) is 6.19. The fourth-order valence-corrected chi connectivity index (χ4v) is 4.73. The number of amides is 2. The number of rotatable bonds is 8. The Labute approximate surface area is 231 Å². The van der Waals surface area contributed by atoms with Gasteiger partial charge in [0.2, 0.25) is 5.95 Å². The molecule has 2 amide bonds. The molecule has 0 bridgehead atoms. The summed E-state index contributed by atoms with van der Waals surface area (Å²) in [5.74, 6) is 2.82. The average molecular weight is 543 g/mol. The molecule has 206 valence electrons. The summed E-state index contributed by atoms with van der Waals surface area (Å²) in [7, 11) is 0. The van der Waals surface area contributed by atoms with Gasteiger partial charge < -0.3 is 24.6 Å². The van der Waals surface area contributed by atoms with Crippen LogP contribution in [0.4, 0.5) is 28.1 Å². The lowest BCUT2D eigenvalue weighted by atomic mass is 9.90. The largest absolute Gasteiger partial charge is 0.492 e. The topological polar surface area (TPSA) is 140 Å². The number of anilines is 4. The van der Waals surface area contributed by atoms with Gasteiger partial charge in [0.05, 0.1) is 30.8 Å². The summed E-state index contributed by atoms with van der Waals surface area (Å²) in [5.41, 5.74) is 4.85. The first kappa shape index (κ1) is 25.7. The zero-order valence-corrected chi connectivity index (χ0v) is 22.1. The van der Waals surface area contributed by atoms with Gasteiger partial charge in [0.25, 0.3) is 0 Å². The van der Waals surface area contributed by atoms with Gasteiger partial charge in [-0.3, -0.25) is 10.2 Å². The molecule has 12 heteroatoms. The van der Waals surface area contributed by atoms with E-state index in [1.54, 1.807) is 31.3 Å². The molecule has 3 N–H and O–H groups in total. The van der Waals surface area contributed by atoms with Crippen LogP contribution in [-0.2, 0) is 17.6 Å². The van der Waals surface area contributed by atoms with E-state index >= 15 is 0 Å². The molecule has 6 rings (SSSR count). The van der Waals surface area contributed by atoms with Crippen molar-refractivity contribution < 1.29 is 18.8 Å². The number of nitrogens with one attached hydrogen (secondary N) is 3. The average Bonchev–Trinajstić information content (AvgIpc) is 3.38. The Hall–Kier alpha value is -4.55. The van der Waals surface area contributed by atoms with Crippen LogP contribution in [0.15, 0.2) is 53.3 Å². The summed E-state index contributed by atoms with van der Waals surface area (Å²) in [6.07, 6.45) is 5.20. The molecule has 0 unspecified atom stereocenters. The number of ether oxygens (including phenoxy) is 2. The fourth-order valence-electron chi connectivity index (χ4n) is 4.73. The van der Waals surface area contributed by atoms with Crippen LogP contribution in [0.3, 0.4) is 0 Å². The minimum atomic E-state index is -0.446. The highest BCUT2D eigenvalue weighted by Crippen LogP contribution is 2.34. The molecule has 1 aliphatic carbocycles. The molecule has 0 saturated carbocycles. The number of aromatic nitrogens is 4. The van der Waals surface area contributed by atoms with Gasteiger partial charge in [-0.1, -0.05) is 5.16 Å². The first-order valence-corrected chi connectivity index (χ1v) is 13.3. The van der Waals surface area contributed by atoms with Gasteiger partial charge in [0.1, 0.15) is 23.9 Å². The van der Waals surface area contributed by atoms with Crippen LogP contribution in [0.25, 0.3) is 11.3 Å². The second-order valence-electron chi connectivity index (χ2n) is 9.65. The van der Waals surface area contributed by atoms with E-state index in [-0.39, 0.29) is 0 Å². The molecule has 12 nitrogen and oxygen atoms in total. The summed E-state index contributed by atoms with van der Waals surface area (Å²) in [5, 5.41) is 12.2. The maximum atomic E-state index is 12.2. The van der Waals surface area contributed by atoms with E-state index in [1.807, 2.05) is 12.3 Å². The molecule has 0 radical (unpaired) electrons. The standard InChI is InChI=1S/C28H30N8O4/c1-18-14-25(35-40-18)33-28(37)31-21-4-7-24(29-17-21)32-27-30-16-20-3-2-19-15-22(5-6-23(19)26(20)34-27)39-13-10-36-8-11-38-12-9-36/h4-7,14-17H,2-3,8-13H2,1H3,(H,29,30,32,34)(H2,31,33,35,37). The van der Waals surface area contributed by atoms with Crippen LogP contribution in [0.5, 0.6) is 5.75 Å². The van der Waals surface area contributed by atoms with E-state index in [0.717, 1.165) is 68.3 Å². The molecule has 2 aliphatic rings. The van der Waals surface area contributed by atoms with Crippen LogP contribution in [0, 0.1) is 6.92 Å². The predicted molar refractivity (Wildman–Crippen MR) is 149 cm³/mol. The Morgan fingerprint density at radius 3 is 2.67 bits per heavy atom. The molecule has 1 aromatic carbocycles. The number of benzene rings is 1. The SMILES string of the molecule is Cc1cc(NC(=O)Nc2ccc(Nc3ncc4c(n3)-c3ccc(OCCN5CCOCC5)cc3CC4)nc2)no1. The van der Waals surface area contributed by atoms with E-state index in [0.29, 0.717) is 35.6 Å². The Bertz CT molecular complexity index is 1480. The molecule has 40 heavy (non-hydrogen) atoms. The molecule has 0 spiro atoms. The van der Waals surface area contributed by atoms with Crippen molar-refractivity contribution in [2.45, 2.75) is 19.8 Å². The summed E-state index contributed by atoms with van der Waals surface area (Å²) >= 11 is 0. The number of hydrogen-bond acceptors (Lipinski definition) is 10. The number of fused-ring (bicyclic) bond motifs is 3. The third-order valence-electron chi connectivity index (χ3n) is 6.77. The Balaban J connectivity index is 1.07. The lowest BCUT2D eigenvalue weighted by molar-refractivity contribution is 0.0322. The van der Waals surface area contributed by atoms with Gasteiger partial charge in [0.15, 0.2) is 5.82 Å². The highest BCUT2D eigenvalue weighted by atomic mass is 16.5. The van der Waals surface area contributed by atoms with Gasteiger partial charge in [-0.15, -0.1) is 0 Å². The van der Waals surface area contributed by atoms with Gasteiger partial charge in [-0.2, -0.15) is 0 Å². The highest BCUT2D eigenvalue weighted by Gasteiger charge is 2.20. The lowest BCUT2D eigenvalue weighted by Gasteiger charge is -2.26. The third-order valence-corrected chi connectivity index (χ3v) is 6.77. The maximum absolute atomic E-state index is 12.2. The quantitative estimate of drug-likeness (QED) is 0.299. The van der Waals surface area contributed by atoms with Gasteiger partial charge in [-0.05, 0) is 61.2 Å². The molecular formula is C28H30N8O4. The molecule has 4 aromatic rings. The highest BCUT2D eigenvalue weighted by molar-refractivity contribution is 5.99. The smallest absolute Gasteiger partial charge is 0.324 e. The Kier molecular flexibility index (Phi) is 7.51. The molecule has 4 heterocycles. The number of carbonyl (C=O) groups is 1. The minimum absolute atomic E-state index is 0.333. The van der Waals surface area contributed by atoms with Crippen molar-refractivity contribution in [3.05, 3.63) is 65.7 Å². The number of morpholine rings is 1. The zero-order valence-electron chi connectivity index (χ0n) is 22.1. The number of carbonyl (C=O) groups excluding carboxylic acids is 1. The molecule has 3 aromatic heterocycles. The summed E-state index contributed by atoms with van der Waals surface area (Å²) in [6, 6.07) is 10.9. The van der Waals surface area contributed by atoms with Crippen molar-refractivity contribution >= 4 is 29.3 Å². The number of pyridine rings is 1. The molecule has 0 atom stereocenters. The summed E-state index contributed by atoms with van der Waals surface area (Å²) in [4.78, 5) is 28.2. The van der Waals surface area contributed by atoms with Gasteiger partial charge in [-0.25, -0.2) is 19.7 Å². The van der Waals surface area contributed by atoms with Crippen LogP contribution in [0.1, 0.15) is 16.9 Å². The lowest BCUT2D eigenvalue weighted by Crippen LogP contribution is -2.38. The first-order chi connectivity index (χ1) is 19.6. The maximum Gasteiger partial charge on any atom is 0.324 e. The van der Waals surface area contributed by atoms with Crippen LogP contribution >= 0.6 is 0 Å². The van der Waals surface area contributed by atoms with E-state index in [1.165, 1.54) is 5.56 Å². The van der Waals surface area contributed by atoms with Crippen molar-refractivity contribution in [2.24, 2.45) is 0 Å². The second-order valence-corrected chi connectivity index (χ2v) is 9.65. The molecule has 1 aliphatic heterocycles. The number of urea groups is 1. The Morgan fingerprint density at radius 1 is 1.00 bits per heavy atom. The number of aryl methyl sites for hydroxylation is 3. The van der Waals surface area contributed by atoms with Gasteiger partial charge in [0, 0.05) is 37.5 Å². The van der Waals surface area contributed by atoms with Crippen LogP contribution in [-0.4, -0.2) is 70.5 Å². The van der Waals surface area contributed by atoms with Crippen molar-refractivity contribution in [1.29, 1.82) is 0 Å². The van der Waals surface area contributed by atoms with E-state index < -0.39 is 6.03 Å².